The van der Waals surface area contributed by atoms with E-state index in [4.69, 9.17) is 4.74 Å². The number of urea groups is 1. The molecule has 0 bridgehead atoms. The summed E-state index contributed by atoms with van der Waals surface area (Å²) in [5.74, 6) is -1.77. The van der Waals surface area contributed by atoms with Crippen LogP contribution in [0.1, 0.15) is 34.3 Å². The highest BCUT2D eigenvalue weighted by Gasteiger charge is 2.33. The van der Waals surface area contributed by atoms with Crippen molar-refractivity contribution in [2.24, 2.45) is 0 Å². The number of para-hydroxylation sites is 1. The van der Waals surface area contributed by atoms with E-state index in [0.29, 0.717) is 38.4 Å². The number of rotatable bonds is 9. The molecule has 1 aliphatic heterocycles. The first-order chi connectivity index (χ1) is 21.6. The van der Waals surface area contributed by atoms with Gasteiger partial charge in [0.15, 0.2) is 0 Å². The number of aromatic nitrogens is 1. The van der Waals surface area contributed by atoms with Crippen LogP contribution in [0.2, 0.25) is 0 Å². The van der Waals surface area contributed by atoms with Crippen molar-refractivity contribution in [3.05, 3.63) is 95.4 Å². The van der Waals surface area contributed by atoms with Crippen LogP contribution in [0.25, 0.3) is 10.9 Å². The number of hydrogen-bond donors (Lipinski definition) is 3. The summed E-state index contributed by atoms with van der Waals surface area (Å²) in [5, 5.41) is 6.88. The molecule has 3 aromatic carbocycles. The Morgan fingerprint density at radius 1 is 1.00 bits per heavy atom. The highest BCUT2D eigenvalue weighted by molar-refractivity contribution is 6.04. The molecule has 0 saturated carbocycles. The molecular weight excluding hydrogens is 575 g/mol. The van der Waals surface area contributed by atoms with Crippen molar-refractivity contribution in [2.45, 2.75) is 25.4 Å². The maximum absolute atomic E-state index is 14.1. The van der Waals surface area contributed by atoms with Crippen LogP contribution >= 0.6 is 0 Å². The maximum atomic E-state index is 14.1. The number of aromatic amines is 1. The molecule has 1 saturated heterocycles. The number of fused-ring (bicyclic) bond motifs is 1. The van der Waals surface area contributed by atoms with Gasteiger partial charge in [-0.2, -0.15) is 0 Å². The van der Waals surface area contributed by atoms with Crippen LogP contribution in [0.3, 0.4) is 0 Å². The van der Waals surface area contributed by atoms with Crippen LogP contribution in [0.4, 0.5) is 20.6 Å². The van der Waals surface area contributed by atoms with E-state index in [1.165, 1.54) is 19.2 Å². The number of carbonyl (C=O) groups excluding carboxylic acids is 3. The van der Waals surface area contributed by atoms with Gasteiger partial charge in [-0.1, -0.05) is 31.2 Å². The third kappa shape index (κ3) is 7.26. The van der Waals surface area contributed by atoms with Gasteiger partial charge in [-0.05, 0) is 67.7 Å². The van der Waals surface area contributed by atoms with Gasteiger partial charge in [0.1, 0.15) is 11.9 Å². The van der Waals surface area contributed by atoms with Gasteiger partial charge in [0.2, 0.25) is 5.91 Å². The molecule has 45 heavy (non-hydrogen) atoms. The summed E-state index contributed by atoms with van der Waals surface area (Å²) >= 11 is 0. The highest BCUT2D eigenvalue weighted by atomic mass is 19.1. The lowest BCUT2D eigenvalue weighted by atomic mass is 9.92. The van der Waals surface area contributed by atoms with Gasteiger partial charge in [-0.25, -0.2) is 14.0 Å². The van der Waals surface area contributed by atoms with E-state index in [-0.39, 0.29) is 17.4 Å². The smallest absolute Gasteiger partial charge is 0.339 e. The summed E-state index contributed by atoms with van der Waals surface area (Å²) in [6.45, 7) is 4.48. The van der Waals surface area contributed by atoms with Crippen molar-refractivity contribution in [3.63, 3.8) is 0 Å². The van der Waals surface area contributed by atoms with Crippen LogP contribution < -0.4 is 15.5 Å². The van der Waals surface area contributed by atoms with Gasteiger partial charge in [-0.15, -0.1) is 0 Å². The minimum Gasteiger partial charge on any atom is -0.465 e. The molecule has 2 heterocycles. The first kappa shape index (κ1) is 31.5. The number of H-pyrrole nitrogens is 1. The molecule has 1 fully saturated rings. The van der Waals surface area contributed by atoms with Crippen LogP contribution in [0, 0.1) is 5.82 Å². The number of methoxy groups -OCH3 is 1. The fourth-order valence-electron chi connectivity index (χ4n) is 5.77. The minimum atomic E-state index is -0.977. The van der Waals surface area contributed by atoms with Gasteiger partial charge >= 0.3 is 12.0 Å². The second-order valence-corrected chi connectivity index (χ2v) is 11.6. The maximum Gasteiger partial charge on any atom is 0.339 e. The number of esters is 1. The first-order valence-corrected chi connectivity index (χ1v) is 14.9. The SMILES string of the molecule is COC(=O)c1ccc(CN(C)C)cc1NC(=O)[C@H](NC(=O)N1CCN(c2ccc(F)cc2)CC1)[C@@H](C)c1c[nH]c2ccccc12. The lowest BCUT2D eigenvalue weighted by molar-refractivity contribution is -0.118. The zero-order chi connectivity index (χ0) is 32.1. The van der Waals surface area contributed by atoms with Crippen LogP contribution in [0.15, 0.2) is 72.9 Å². The Labute approximate surface area is 262 Å². The number of anilines is 2. The Morgan fingerprint density at radius 3 is 2.40 bits per heavy atom. The number of piperazine rings is 1. The Morgan fingerprint density at radius 2 is 1.71 bits per heavy atom. The molecule has 0 aliphatic carbocycles. The van der Waals surface area contributed by atoms with Gasteiger partial charge in [0.05, 0.1) is 18.4 Å². The second-order valence-electron chi connectivity index (χ2n) is 11.6. The van der Waals surface area contributed by atoms with E-state index in [1.807, 2.05) is 62.4 Å². The molecule has 3 amide bonds. The van der Waals surface area contributed by atoms with E-state index in [9.17, 15) is 18.8 Å². The van der Waals surface area contributed by atoms with Crippen molar-refractivity contribution < 1.29 is 23.5 Å². The number of hydrogen-bond acceptors (Lipinski definition) is 6. The highest BCUT2D eigenvalue weighted by Crippen LogP contribution is 2.29. The predicted molar refractivity (Wildman–Crippen MR) is 173 cm³/mol. The van der Waals surface area contributed by atoms with Crippen molar-refractivity contribution in [3.8, 4) is 0 Å². The molecule has 236 valence electrons. The molecule has 1 aliphatic rings. The molecule has 4 aromatic rings. The van der Waals surface area contributed by atoms with E-state index < -0.39 is 23.8 Å². The molecule has 0 unspecified atom stereocenters. The summed E-state index contributed by atoms with van der Waals surface area (Å²) in [6.07, 6.45) is 1.86. The zero-order valence-electron chi connectivity index (χ0n) is 26.0. The Kier molecular flexibility index (Phi) is 9.68. The van der Waals surface area contributed by atoms with E-state index in [1.54, 1.807) is 29.2 Å². The number of nitrogens with zero attached hydrogens (tertiary/aromatic N) is 3. The summed E-state index contributed by atoms with van der Waals surface area (Å²) in [7, 11) is 5.15. The van der Waals surface area contributed by atoms with E-state index in [2.05, 4.69) is 20.5 Å². The van der Waals surface area contributed by atoms with Gasteiger partial charge < -0.3 is 35.1 Å². The predicted octanol–water partition coefficient (Wildman–Crippen LogP) is 4.80. The Hall–Kier alpha value is -4.90. The third-order valence-corrected chi connectivity index (χ3v) is 8.18. The van der Waals surface area contributed by atoms with Crippen molar-refractivity contribution in [1.29, 1.82) is 0 Å². The van der Waals surface area contributed by atoms with E-state index in [0.717, 1.165) is 27.7 Å². The Balaban J connectivity index is 1.39. The summed E-state index contributed by atoms with van der Waals surface area (Å²) in [6, 6.07) is 18.0. The average Bonchev–Trinajstić information content (AvgIpc) is 3.47. The quantitative estimate of drug-likeness (QED) is 0.234. The fraction of sp³-hybridized carbons (Fsp3) is 0.324. The van der Waals surface area contributed by atoms with Crippen molar-refractivity contribution >= 4 is 40.2 Å². The third-order valence-electron chi connectivity index (χ3n) is 8.18. The van der Waals surface area contributed by atoms with Gasteiger partial charge in [0.25, 0.3) is 0 Å². The van der Waals surface area contributed by atoms with Crippen molar-refractivity contribution in [2.75, 3.05) is 57.6 Å². The summed E-state index contributed by atoms with van der Waals surface area (Å²) in [5.41, 5.74) is 4.11. The monoisotopic (exact) mass is 614 g/mol. The topological polar surface area (TPSA) is 110 Å². The summed E-state index contributed by atoms with van der Waals surface area (Å²) < 4.78 is 18.4. The molecule has 11 heteroatoms. The second kappa shape index (κ2) is 13.8. The molecule has 10 nitrogen and oxygen atoms in total. The number of halogens is 1. The normalized spacial score (nSPS) is 14.7. The lowest BCUT2D eigenvalue weighted by Crippen LogP contribution is -2.56. The Bertz CT molecular complexity index is 1660. The number of benzene rings is 3. The molecule has 0 spiro atoms. The molecular formula is C34H39FN6O4. The number of nitrogens with one attached hydrogen (secondary N) is 3. The molecule has 5 rings (SSSR count). The van der Waals surface area contributed by atoms with Crippen LogP contribution in [-0.4, -0.2) is 86.1 Å². The number of carbonyl (C=O) groups is 3. The summed E-state index contributed by atoms with van der Waals surface area (Å²) in [4.78, 5) is 49.4. The van der Waals surface area contributed by atoms with Gasteiger partial charge in [-0.3, -0.25) is 4.79 Å². The molecule has 3 N–H and O–H groups in total. The lowest BCUT2D eigenvalue weighted by Gasteiger charge is -2.37. The standard InChI is InChI=1S/C34H39FN6O4/c1-22(28-20-36-29-8-6-5-7-26(28)29)31(32(42)37-30-19-23(21-39(2)3)9-14-27(30)33(43)45-4)38-34(44)41-17-15-40(16-18-41)25-12-10-24(35)11-13-25/h5-14,19-20,22,31,36H,15-18,21H2,1-4H3,(H,37,42)(H,38,44)/t22-,31+/m0/s1. The zero-order valence-corrected chi connectivity index (χ0v) is 26.0. The molecule has 1 aromatic heterocycles. The van der Waals surface area contributed by atoms with E-state index >= 15 is 0 Å². The number of amides is 3. The largest absolute Gasteiger partial charge is 0.465 e. The van der Waals surface area contributed by atoms with Crippen LogP contribution in [-0.2, 0) is 16.1 Å². The van der Waals surface area contributed by atoms with Crippen molar-refractivity contribution in [1.82, 2.24) is 20.1 Å². The fourth-order valence-corrected chi connectivity index (χ4v) is 5.77. The van der Waals surface area contributed by atoms with Crippen LogP contribution in [0.5, 0.6) is 0 Å². The number of ether oxygens (including phenoxy) is 1. The molecule has 2 atom stereocenters. The average molecular weight is 615 g/mol. The van der Waals surface area contributed by atoms with Gasteiger partial charge in [0, 0.05) is 61.4 Å². The minimum absolute atomic E-state index is 0.218. The first-order valence-electron chi connectivity index (χ1n) is 14.9. The molecule has 0 radical (unpaired) electrons.